The quantitative estimate of drug-likeness (QED) is 0.880. The molecule has 2 heteroatoms. The van der Waals surface area contributed by atoms with Crippen LogP contribution in [0.5, 0.6) is 5.75 Å². The molecule has 2 nitrogen and oxygen atoms in total. The van der Waals surface area contributed by atoms with Gasteiger partial charge in [0.1, 0.15) is 18.9 Å². The normalized spacial score (nSPS) is 26.1. The number of ether oxygens (including phenoxy) is 1. The zero-order valence-corrected chi connectivity index (χ0v) is 14.4. The molecular formula is C19H32NO+. The highest BCUT2D eigenvalue weighted by Crippen LogP contribution is 2.27. The van der Waals surface area contributed by atoms with Crippen LogP contribution in [0.2, 0.25) is 0 Å². The second-order valence-electron chi connectivity index (χ2n) is 7.40. The fourth-order valence-electron chi connectivity index (χ4n) is 3.68. The standard InChI is InChI=1S/C19H31NO/c1-14(2)18-7-6-15(3)11-19(18)21-9-8-20-12-16(4)10-17(5)13-20/h6-7,11,14,16-17H,8-10,12-13H2,1-5H3/p+1/t16-,17-/m1/s1. The molecule has 1 heterocycles. The van der Waals surface area contributed by atoms with Crippen molar-refractivity contribution in [3.63, 3.8) is 0 Å². The van der Waals surface area contributed by atoms with Gasteiger partial charge in [0.15, 0.2) is 0 Å². The molecule has 1 aliphatic heterocycles. The summed E-state index contributed by atoms with van der Waals surface area (Å²) >= 11 is 0. The third-order valence-electron chi connectivity index (χ3n) is 4.58. The van der Waals surface area contributed by atoms with Crippen molar-refractivity contribution in [2.45, 2.75) is 47.0 Å². The topological polar surface area (TPSA) is 13.7 Å². The van der Waals surface area contributed by atoms with Gasteiger partial charge in [0.25, 0.3) is 0 Å². The molecule has 1 aliphatic rings. The average molecular weight is 290 g/mol. The lowest BCUT2D eigenvalue weighted by molar-refractivity contribution is -0.912. The number of rotatable bonds is 5. The Morgan fingerprint density at radius 2 is 1.86 bits per heavy atom. The van der Waals surface area contributed by atoms with E-state index in [0.717, 1.165) is 30.7 Å². The first-order chi connectivity index (χ1) is 9.95. The lowest BCUT2D eigenvalue weighted by Crippen LogP contribution is -3.14. The summed E-state index contributed by atoms with van der Waals surface area (Å²) in [5.41, 5.74) is 2.61. The zero-order valence-electron chi connectivity index (χ0n) is 14.4. The van der Waals surface area contributed by atoms with Crippen LogP contribution in [0.4, 0.5) is 0 Å². The average Bonchev–Trinajstić information content (AvgIpc) is 2.37. The summed E-state index contributed by atoms with van der Waals surface area (Å²) in [6, 6.07) is 6.58. The van der Waals surface area contributed by atoms with Gasteiger partial charge in [-0.15, -0.1) is 0 Å². The van der Waals surface area contributed by atoms with Gasteiger partial charge < -0.3 is 9.64 Å². The van der Waals surface area contributed by atoms with E-state index < -0.39 is 0 Å². The molecule has 0 bridgehead atoms. The first-order valence-electron chi connectivity index (χ1n) is 8.52. The summed E-state index contributed by atoms with van der Waals surface area (Å²) in [5.74, 6) is 3.31. The van der Waals surface area contributed by atoms with E-state index in [1.807, 2.05) is 0 Å². The number of likely N-dealkylation sites (tertiary alicyclic amines) is 1. The first kappa shape index (κ1) is 16.4. The molecule has 1 N–H and O–H groups in total. The minimum absolute atomic E-state index is 0.517. The zero-order chi connectivity index (χ0) is 15.4. The van der Waals surface area contributed by atoms with Gasteiger partial charge in [0.2, 0.25) is 0 Å². The highest BCUT2D eigenvalue weighted by Gasteiger charge is 2.24. The summed E-state index contributed by atoms with van der Waals surface area (Å²) in [6.45, 7) is 15.9. The molecule has 0 aromatic heterocycles. The third-order valence-corrected chi connectivity index (χ3v) is 4.58. The van der Waals surface area contributed by atoms with E-state index in [1.54, 1.807) is 4.90 Å². The Bertz CT molecular complexity index is 445. The van der Waals surface area contributed by atoms with E-state index in [1.165, 1.54) is 30.6 Å². The molecule has 0 aliphatic carbocycles. The fraction of sp³-hybridized carbons (Fsp3) is 0.684. The Morgan fingerprint density at radius 3 is 2.48 bits per heavy atom. The van der Waals surface area contributed by atoms with Crippen LogP contribution in [-0.4, -0.2) is 26.2 Å². The molecule has 1 saturated heterocycles. The highest BCUT2D eigenvalue weighted by molar-refractivity contribution is 5.39. The van der Waals surface area contributed by atoms with Crippen LogP contribution >= 0.6 is 0 Å². The van der Waals surface area contributed by atoms with Gasteiger partial charge in [-0.3, -0.25) is 0 Å². The van der Waals surface area contributed by atoms with Crippen molar-refractivity contribution >= 4 is 0 Å². The van der Waals surface area contributed by atoms with Gasteiger partial charge in [-0.25, -0.2) is 0 Å². The number of piperidine rings is 1. The van der Waals surface area contributed by atoms with Crippen LogP contribution in [-0.2, 0) is 0 Å². The number of quaternary nitrogens is 1. The van der Waals surface area contributed by atoms with Gasteiger partial charge in [-0.1, -0.05) is 39.8 Å². The van der Waals surface area contributed by atoms with E-state index in [0.29, 0.717) is 5.92 Å². The summed E-state index contributed by atoms with van der Waals surface area (Å²) in [5, 5.41) is 0. The van der Waals surface area contributed by atoms with Gasteiger partial charge in [0, 0.05) is 11.8 Å². The summed E-state index contributed by atoms with van der Waals surface area (Å²) in [7, 11) is 0. The predicted octanol–water partition coefficient (Wildman–Crippen LogP) is 3.06. The second kappa shape index (κ2) is 7.31. The van der Waals surface area contributed by atoms with Crippen molar-refractivity contribution in [1.29, 1.82) is 0 Å². The molecule has 0 amide bonds. The predicted molar refractivity (Wildman–Crippen MR) is 89.3 cm³/mol. The molecule has 118 valence electrons. The molecule has 21 heavy (non-hydrogen) atoms. The van der Waals surface area contributed by atoms with Crippen LogP contribution in [0.3, 0.4) is 0 Å². The number of hydrogen-bond acceptors (Lipinski definition) is 1. The minimum atomic E-state index is 0.517. The molecule has 1 aromatic carbocycles. The van der Waals surface area contributed by atoms with Crippen LogP contribution < -0.4 is 9.64 Å². The lowest BCUT2D eigenvalue weighted by Gasteiger charge is -2.32. The van der Waals surface area contributed by atoms with Crippen molar-refractivity contribution < 1.29 is 9.64 Å². The Hall–Kier alpha value is -1.02. The molecule has 1 aromatic rings. The first-order valence-corrected chi connectivity index (χ1v) is 8.52. The smallest absolute Gasteiger partial charge is 0.137 e. The maximum absolute atomic E-state index is 6.13. The van der Waals surface area contributed by atoms with E-state index in [-0.39, 0.29) is 0 Å². The Morgan fingerprint density at radius 1 is 1.19 bits per heavy atom. The second-order valence-corrected chi connectivity index (χ2v) is 7.40. The summed E-state index contributed by atoms with van der Waals surface area (Å²) in [4.78, 5) is 1.71. The molecular weight excluding hydrogens is 258 g/mol. The Kier molecular flexibility index (Phi) is 5.69. The monoisotopic (exact) mass is 290 g/mol. The molecule has 0 unspecified atom stereocenters. The highest BCUT2D eigenvalue weighted by atomic mass is 16.5. The van der Waals surface area contributed by atoms with Gasteiger partial charge >= 0.3 is 0 Å². The van der Waals surface area contributed by atoms with Gasteiger partial charge in [-0.2, -0.15) is 0 Å². The molecule has 2 rings (SSSR count). The largest absolute Gasteiger partial charge is 0.487 e. The van der Waals surface area contributed by atoms with Crippen molar-refractivity contribution in [2.24, 2.45) is 11.8 Å². The fourth-order valence-corrected chi connectivity index (χ4v) is 3.68. The Balaban J connectivity index is 1.90. The van der Waals surface area contributed by atoms with Gasteiger partial charge in [0.05, 0.1) is 13.1 Å². The van der Waals surface area contributed by atoms with Crippen molar-refractivity contribution in [2.75, 3.05) is 26.2 Å². The maximum atomic E-state index is 6.13. The van der Waals surface area contributed by atoms with Crippen LogP contribution in [0.15, 0.2) is 18.2 Å². The molecule has 2 atom stereocenters. The van der Waals surface area contributed by atoms with E-state index in [2.05, 4.69) is 52.8 Å². The third kappa shape index (κ3) is 4.74. The number of hydrogen-bond donors (Lipinski definition) is 1. The van der Waals surface area contributed by atoms with Crippen molar-refractivity contribution in [1.82, 2.24) is 0 Å². The van der Waals surface area contributed by atoms with Crippen LogP contribution in [0, 0.1) is 18.8 Å². The summed E-state index contributed by atoms with van der Waals surface area (Å²) in [6.07, 6.45) is 1.39. The molecule has 0 saturated carbocycles. The van der Waals surface area contributed by atoms with E-state index in [9.17, 15) is 0 Å². The number of nitrogens with one attached hydrogen (secondary N) is 1. The molecule has 0 spiro atoms. The van der Waals surface area contributed by atoms with E-state index in [4.69, 9.17) is 4.74 Å². The molecule has 0 radical (unpaired) electrons. The van der Waals surface area contributed by atoms with Crippen molar-refractivity contribution in [3.8, 4) is 5.75 Å². The van der Waals surface area contributed by atoms with Crippen LogP contribution in [0.1, 0.15) is 51.2 Å². The van der Waals surface area contributed by atoms with Crippen molar-refractivity contribution in [3.05, 3.63) is 29.3 Å². The van der Waals surface area contributed by atoms with Gasteiger partial charge in [-0.05, 0) is 36.5 Å². The number of benzene rings is 1. The minimum Gasteiger partial charge on any atom is -0.487 e. The molecule has 1 fully saturated rings. The Labute approximate surface area is 130 Å². The maximum Gasteiger partial charge on any atom is 0.137 e. The SMILES string of the molecule is Cc1ccc(C(C)C)c(OCC[NH+]2C[C@H](C)C[C@@H](C)C2)c1. The van der Waals surface area contributed by atoms with Crippen LogP contribution in [0.25, 0.3) is 0 Å². The summed E-state index contributed by atoms with van der Waals surface area (Å²) < 4.78 is 6.13. The lowest BCUT2D eigenvalue weighted by atomic mass is 9.92. The number of aryl methyl sites for hydroxylation is 1. The van der Waals surface area contributed by atoms with E-state index >= 15 is 0 Å².